The quantitative estimate of drug-likeness (QED) is 0.637. The minimum atomic E-state index is 0.130. The summed E-state index contributed by atoms with van der Waals surface area (Å²) >= 11 is 3.49. The molecular weight excluding hydrogens is 378 g/mol. The van der Waals surface area contributed by atoms with Gasteiger partial charge in [0.1, 0.15) is 5.82 Å². The van der Waals surface area contributed by atoms with Crippen molar-refractivity contribution in [2.45, 2.75) is 32.2 Å². The molecule has 5 heteroatoms. The van der Waals surface area contributed by atoms with Crippen LogP contribution < -0.4 is 4.90 Å². The maximum atomic E-state index is 12.6. The van der Waals surface area contributed by atoms with Crippen molar-refractivity contribution >= 4 is 38.6 Å². The van der Waals surface area contributed by atoms with Crippen LogP contribution >= 0.6 is 15.9 Å². The molecule has 2 heterocycles. The molecule has 128 valence electrons. The van der Waals surface area contributed by atoms with Crippen molar-refractivity contribution in [3.63, 3.8) is 0 Å². The molecule has 3 aromatic rings. The van der Waals surface area contributed by atoms with E-state index in [1.54, 1.807) is 0 Å². The summed E-state index contributed by atoms with van der Waals surface area (Å²) in [6, 6.07) is 16.2. The number of imidazole rings is 1. The predicted molar refractivity (Wildman–Crippen MR) is 104 cm³/mol. The van der Waals surface area contributed by atoms with Gasteiger partial charge in [-0.15, -0.1) is 0 Å². The van der Waals surface area contributed by atoms with Crippen LogP contribution in [0.2, 0.25) is 0 Å². The van der Waals surface area contributed by atoms with Gasteiger partial charge in [-0.3, -0.25) is 4.79 Å². The highest BCUT2D eigenvalue weighted by Gasteiger charge is 2.34. The van der Waals surface area contributed by atoms with Gasteiger partial charge in [0, 0.05) is 35.6 Å². The number of rotatable bonds is 4. The Morgan fingerprint density at radius 3 is 2.84 bits per heavy atom. The summed E-state index contributed by atoms with van der Waals surface area (Å²) in [5.41, 5.74) is 3.12. The Morgan fingerprint density at radius 2 is 2.04 bits per heavy atom. The van der Waals surface area contributed by atoms with E-state index in [2.05, 4.69) is 33.5 Å². The molecule has 25 heavy (non-hydrogen) atoms. The molecule has 2 aromatic carbocycles. The Hall–Kier alpha value is -2.14. The lowest BCUT2D eigenvalue weighted by atomic mass is 10.1. The third-order valence-electron chi connectivity index (χ3n) is 4.74. The number of hydrogen-bond donors (Lipinski definition) is 0. The van der Waals surface area contributed by atoms with E-state index in [0.717, 1.165) is 40.0 Å². The fourth-order valence-corrected chi connectivity index (χ4v) is 4.03. The fraction of sp³-hybridized carbons (Fsp3) is 0.300. The van der Waals surface area contributed by atoms with E-state index in [0.29, 0.717) is 13.0 Å². The molecule has 1 saturated heterocycles. The van der Waals surface area contributed by atoms with Crippen molar-refractivity contribution in [1.29, 1.82) is 0 Å². The number of benzene rings is 2. The highest BCUT2D eigenvalue weighted by molar-refractivity contribution is 9.10. The molecule has 0 radical (unpaired) electrons. The maximum absolute atomic E-state index is 12.6. The largest absolute Gasteiger partial charge is 0.328 e. The van der Waals surface area contributed by atoms with Gasteiger partial charge in [0.15, 0.2) is 0 Å². The Labute approximate surface area is 155 Å². The second kappa shape index (κ2) is 6.64. The highest BCUT2D eigenvalue weighted by atomic mass is 79.9. The van der Waals surface area contributed by atoms with E-state index in [-0.39, 0.29) is 11.8 Å². The molecule has 0 N–H and O–H groups in total. The van der Waals surface area contributed by atoms with Crippen LogP contribution in [-0.2, 0) is 11.3 Å². The van der Waals surface area contributed by atoms with E-state index >= 15 is 0 Å². The van der Waals surface area contributed by atoms with Gasteiger partial charge < -0.3 is 9.47 Å². The van der Waals surface area contributed by atoms with Crippen molar-refractivity contribution in [3.8, 4) is 0 Å². The smallest absolute Gasteiger partial charge is 0.227 e. The van der Waals surface area contributed by atoms with Crippen molar-refractivity contribution in [2.75, 3.05) is 11.4 Å². The van der Waals surface area contributed by atoms with Crippen LogP contribution in [0.25, 0.3) is 11.0 Å². The number of fused-ring (bicyclic) bond motifs is 1. The van der Waals surface area contributed by atoms with Gasteiger partial charge >= 0.3 is 0 Å². The summed E-state index contributed by atoms with van der Waals surface area (Å²) in [7, 11) is 0. The zero-order valence-corrected chi connectivity index (χ0v) is 15.7. The van der Waals surface area contributed by atoms with E-state index in [1.807, 2.05) is 47.4 Å². The van der Waals surface area contributed by atoms with Crippen LogP contribution in [0.4, 0.5) is 5.69 Å². The number of amides is 1. The van der Waals surface area contributed by atoms with E-state index in [4.69, 9.17) is 4.98 Å². The van der Waals surface area contributed by atoms with Crippen molar-refractivity contribution in [1.82, 2.24) is 9.55 Å². The monoisotopic (exact) mass is 397 g/mol. The summed E-state index contributed by atoms with van der Waals surface area (Å²) in [5.74, 6) is 1.33. The van der Waals surface area contributed by atoms with Crippen LogP contribution in [0.1, 0.15) is 31.5 Å². The van der Waals surface area contributed by atoms with Crippen LogP contribution in [-0.4, -0.2) is 22.0 Å². The Morgan fingerprint density at radius 1 is 1.20 bits per heavy atom. The lowest BCUT2D eigenvalue weighted by Crippen LogP contribution is -2.24. The second-order valence-electron chi connectivity index (χ2n) is 6.50. The molecule has 4 rings (SSSR count). The predicted octanol–water partition coefficient (Wildman–Crippen LogP) is 4.73. The third kappa shape index (κ3) is 2.97. The summed E-state index contributed by atoms with van der Waals surface area (Å²) in [6.07, 6.45) is 1.56. The minimum Gasteiger partial charge on any atom is -0.328 e. The van der Waals surface area contributed by atoms with Gasteiger partial charge in [-0.25, -0.2) is 4.98 Å². The number of aryl methyl sites for hydroxylation is 1. The first-order chi connectivity index (χ1) is 12.2. The van der Waals surface area contributed by atoms with E-state index in [1.165, 1.54) is 0 Å². The van der Waals surface area contributed by atoms with Gasteiger partial charge in [0.2, 0.25) is 5.91 Å². The van der Waals surface area contributed by atoms with Crippen LogP contribution in [0.3, 0.4) is 0 Å². The topological polar surface area (TPSA) is 38.1 Å². The molecule has 1 aliphatic heterocycles. The first kappa shape index (κ1) is 16.3. The Bertz CT molecular complexity index is 934. The highest BCUT2D eigenvalue weighted by Crippen LogP contribution is 2.34. The average molecular weight is 398 g/mol. The Balaban J connectivity index is 1.70. The number of nitrogens with zero attached hydrogens (tertiary/aromatic N) is 3. The number of carbonyl (C=O) groups excluding carboxylic acids is 1. The summed E-state index contributed by atoms with van der Waals surface area (Å²) in [4.78, 5) is 19.4. The van der Waals surface area contributed by atoms with Crippen molar-refractivity contribution in [2.24, 2.45) is 0 Å². The lowest BCUT2D eigenvalue weighted by Gasteiger charge is -2.17. The zero-order chi connectivity index (χ0) is 17.4. The summed E-state index contributed by atoms with van der Waals surface area (Å²) < 4.78 is 3.27. The molecular formula is C20H20BrN3O. The number of anilines is 1. The van der Waals surface area contributed by atoms with Crippen LogP contribution in [0.15, 0.2) is 53.0 Å². The van der Waals surface area contributed by atoms with Gasteiger partial charge in [-0.2, -0.15) is 0 Å². The molecule has 1 unspecified atom stereocenters. The molecule has 0 spiro atoms. The number of halogens is 1. The van der Waals surface area contributed by atoms with Gasteiger partial charge in [-0.1, -0.05) is 41.1 Å². The van der Waals surface area contributed by atoms with E-state index < -0.39 is 0 Å². The van der Waals surface area contributed by atoms with Gasteiger partial charge in [0.05, 0.1) is 11.0 Å². The number of aromatic nitrogens is 2. The maximum Gasteiger partial charge on any atom is 0.227 e. The fourth-order valence-electron chi connectivity index (χ4n) is 3.64. The molecule has 0 aliphatic carbocycles. The summed E-state index contributed by atoms with van der Waals surface area (Å²) in [5, 5.41) is 0. The van der Waals surface area contributed by atoms with Gasteiger partial charge in [0.25, 0.3) is 0 Å². The molecule has 1 atom stereocenters. The first-order valence-corrected chi connectivity index (χ1v) is 9.47. The molecule has 1 amide bonds. The molecule has 1 aliphatic rings. The standard InChI is InChI=1S/C20H20BrN3O/c1-2-10-23-18-9-4-3-8-17(18)22-20(23)14-11-19(25)24(13-14)16-7-5-6-15(21)12-16/h3-9,12,14H,2,10-11,13H2,1H3. The second-order valence-corrected chi connectivity index (χ2v) is 7.41. The van der Waals surface area contributed by atoms with Crippen LogP contribution in [0, 0.1) is 0 Å². The third-order valence-corrected chi connectivity index (χ3v) is 5.23. The molecule has 1 fully saturated rings. The number of hydrogen-bond acceptors (Lipinski definition) is 2. The normalized spacial score (nSPS) is 17.6. The van der Waals surface area contributed by atoms with Gasteiger partial charge in [-0.05, 0) is 36.8 Å². The zero-order valence-electron chi connectivity index (χ0n) is 14.2. The SMILES string of the molecule is CCCn1c(C2CC(=O)N(c3cccc(Br)c3)C2)nc2ccccc21. The lowest BCUT2D eigenvalue weighted by molar-refractivity contribution is -0.117. The Kier molecular flexibility index (Phi) is 4.34. The van der Waals surface area contributed by atoms with E-state index in [9.17, 15) is 4.79 Å². The molecule has 0 saturated carbocycles. The molecule has 4 nitrogen and oxygen atoms in total. The van der Waals surface area contributed by atoms with Crippen molar-refractivity contribution in [3.05, 3.63) is 58.8 Å². The van der Waals surface area contributed by atoms with Crippen molar-refractivity contribution < 1.29 is 4.79 Å². The van der Waals surface area contributed by atoms with Crippen LogP contribution in [0.5, 0.6) is 0 Å². The number of carbonyl (C=O) groups is 1. The minimum absolute atomic E-state index is 0.130. The first-order valence-electron chi connectivity index (χ1n) is 8.68. The summed E-state index contributed by atoms with van der Waals surface area (Å²) in [6.45, 7) is 3.78. The molecule has 0 bridgehead atoms. The molecule has 1 aromatic heterocycles. The number of para-hydroxylation sites is 2. The average Bonchev–Trinajstić information content (AvgIpc) is 3.16.